The van der Waals surface area contributed by atoms with Gasteiger partial charge in [0.05, 0.1) is 0 Å². The number of benzene rings is 2. The number of carbonyl (C=O) groups is 1. The third-order valence-electron chi connectivity index (χ3n) is 5.05. The van der Waals surface area contributed by atoms with Gasteiger partial charge in [0.15, 0.2) is 0 Å². The van der Waals surface area contributed by atoms with Gasteiger partial charge in [0.25, 0.3) is 0 Å². The summed E-state index contributed by atoms with van der Waals surface area (Å²) >= 11 is 0. The molecule has 0 aliphatic carbocycles. The normalized spacial score (nSPS) is 20.8. The first-order chi connectivity index (χ1) is 11.9. The van der Waals surface area contributed by atoms with E-state index in [1.165, 1.54) is 12.1 Å². The number of hydrogen-bond donors (Lipinski definition) is 0. The molecule has 132 valence electrons. The monoisotopic (exact) mass is 343 g/mol. The Morgan fingerprint density at radius 1 is 1.12 bits per heavy atom. The van der Waals surface area contributed by atoms with Crippen LogP contribution in [0.3, 0.4) is 0 Å². The van der Waals surface area contributed by atoms with E-state index in [0.717, 1.165) is 29.3 Å². The summed E-state index contributed by atoms with van der Waals surface area (Å²) in [4.78, 5) is 14.6. The van der Waals surface area contributed by atoms with Gasteiger partial charge in [-0.1, -0.05) is 31.2 Å². The molecule has 1 fully saturated rings. The van der Waals surface area contributed by atoms with Crippen molar-refractivity contribution in [1.82, 2.24) is 0 Å². The second-order valence-electron chi connectivity index (χ2n) is 7.13. The lowest BCUT2D eigenvalue weighted by atomic mass is 9.84. The van der Waals surface area contributed by atoms with E-state index < -0.39 is 11.6 Å². The molecule has 1 aliphatic rings. The largest absolute Gasteiger partial charge is 0.311 e. The summed E-state index contributed by atoms with van der Waals surface area (Å²) in [5.41, 5.74) is 3.60. The van der Waals surface area contributed by atoms with Crippen molar-refractivity contribution in [3.8, 4) is 0 Å². The maximum atomic E-state index is 14.0. The van der Waals surface area contributed by atoms with E-state index in [1.54, 1.807) is 0 Å². The quantitative estimate of drug-likeness (QED) is 0.783. The standard InChI is InChI=1S/C21H23F2NO/c1-13-5-4-6-14(2)20(13)24-12-16(9-15(3)21(24)25)10-17-7-8-18(22)11-19(17)23/h4-8,11,15-16H,9-10,12H2,1-3H3/t15-,16+/m1/s1. The Hall–Kier alpha value is -2.23. The molecule has 0 bridgehead atoms. The molecule has 0 saturated carbocycles. The fourth-order valence-corrected chi connectivity index (χ4v) is 3.87. The summed E-state index contributed by atoms with van der Waals surface area (Å²) in [6.07, 6.45) is 1.22. The van der Waals surface area contributed by atoms with Crippen molar-refractivity contribution in [1.29, 1.82) is 0 Å². The highest BCUT2D eigenvalue weighted by Crippen LogP contribution is 2.33. The van der Waals surface area contributed by atoms with Crippen LogP contribution in [0.4, 0.5) is 14.5 Å². The average Bonchev–Trinajstić information content (AvgIpc) is 2.54. The molecule has 1 aliphatic heterocycles. The van der Waals surface area contributed by atoms with Crippen molar-refractivity contribution in [3.05, 3.63) is 64.7 Å². The zero-order chi connectivity index (χ0) is 18.1. The van der Waals surface area contributed by atoms with Crippen LogP contribution in [0.15, 0.2) is 36.4 Å². The van der Waals surface area contributed by atoms with Crippen LogP contribution in [0.25, 0.3) is 0 Å². The summed E-state index contributed by atoms with van der Waals surface area (Å²) < 4.78 is 27.1. The van der Waals surface area contributed by atoms with Gasteiger partial charge in [-0.2, -0.15) is 0 Å². The van der Waals surface area contributed by atoms with Gasteiger partial charge in [-0.3, -0.25) is 4.79 Å². The van der Waals surface area contributed by atoms with E-state index in [0.29, 0.717) is 18.5 Å². The Morgan fingerprint density at radius 2 is 1.80 bits per heavy atom. The number of nitrogens with zero attached hydrogens (tertiary/aromatic N) is 1. The SMILES string of the molecule is Cc1cccc(C)c1N1C[C@H](Cc2ccc(F)cc2F)C[C@@H](C)C1=O. The summed E-state index contributed by atoms with van der Waals surface area (Å²) in [6, 6.07) is 9.72. The first-order valence-electron chi connectivity index (χ1n) is 8.68. The third kappa shape index (κ3) is 3.58. The molecule has 0 N–H and O–H groups in total. The van der Waals surface area contributed by atoms with Gasteiger partial charge in [-0.25, -0.2) is 8.78 Å². The predicted octanol–water partition coefficient (Wildman–Crippen LogP) is 4.81. The maximum Gasteiger partial charge on any atom is 0.229 e. The molecule has 1 heterocycles. The number of halogens is 2. The van der Waals surface area contributed by atoms with Crippen LogP contribution in [0.2, 0.25) is 0 Å². The van der Waals surface area contributed by atoms with E-state index in [9.17, 15) is 13.6 Å². The fourth-order valence-electron chi connectivity index (χ4n) is 3.87. The minimum atomic E-state index is -0.564. The Morgan fingerprint density at radius 3 is 2.44 bits per heavy atom. The highest BCUT2D eigenvalue weighted by atomic mass is 19.1. The van der Waals surface area contributed by atoms with Gasteiger partial charge in [0, 0.05) is 24.2 Å². The topological polar surface area (TPSA) is 20.3 Å². The number of anilines is 1. The first kappa shape index (κ1) is 17.6. The molecule has 25 heavy (non-hydrogen) atoms. The molecule has 2 aromatic carbocycles. The number of hydrogen-bond acceptors (Lipinski definition) is 1. The van der Waals surface area contributed by atoms with Crippen LogP contribution in [0.1, 0.15) is 30.0 Å². The molecule has 0 aromatic heterocycles. The van der Waals surface area contributed by atoms with E-state index in [2.05, 4.69) is 0 Å². The number of piperidine rings is 1. The number of rotatable bonds is 3. The van der Waals surface area contributed by atoms with Gasteiger partial charge in [-0.05, 0) is 55.4 Å². The van der Waals surface area contributed by atoms with Gasteiger partial charge in [0.1, 0.15) is 11.6 Å². The van der Waals surface area contributed by atoms with Crippen molar-refractivity contribution >= 4 is 11.6 Å². The second-order valence-corrected chi connectivity index (χ2v) is 7.13. The highest BCUT2D eigenvalue weighted by Gasteiger charge is 2.33. The van der Waals surface area contributed by atoms with Gasteiger partial charge < -0.3 is 4.90 Å². The first-order valence-corrected chi connectivity index (χ1v) is 8.68. The van der Waals surface area contributed by atoms with Crippen LogP contribution in [0, 0.1) is 37.3 Å². The molecule has 3 rings (SSSR count). The number of amides is 1. The van der Waals surface area contributed by atoms with Crippen molar-refractivity contribution in [2.75, 3.05) is 11.4 Å². The summed E-state index contributed by atoms with van der Waals surface area (Å²) in [6.45, 7) is 6.49. The summed E-state index contributed by atoms with van der Waals surface area (Å²) in [5.74, 6) is -0.921. The van der Waals surface area contributed by atoms with E-state index in [-0.39, 0.29) is 17.7 Å². The van der Waals surface area contributed by atoms with Gasteiger partial charge in [0.2, 0.25) is 5.91 Å². The minimum Gasteiger partial charge on any atom is -0.311 e. The minimum absolute atomic E-state index is 0.110. The zero-order valence-corrected chi connectivity index (χ0v) is 14.9. The van der Waals surface area contributed by atoms with Crippen LogP contribution < -0.4 is 4.90 Å². The summed E-state index contributed by atoms with van der Waals surface area (Å²) in [5, 5.41) is 0. The molecule has 0 spiro atoms. The average molecular weight is 343 g/mol. The Bertz CT molecular complexity index is 782. The third-order valence-corrected chi connectivity index (χ3v) is 5.05. The summed E-state index contributed by atoms with van der Waals surface area (Å²) in [7, 11) is 0. The lowest BCUT2D eigenvalue weighted by molar-refractivity contribution is -0.124. The maximum absolute atomic E-state index is 14.0. The van der Waals surface area contributed by atoms with E-state index >= 15 is 0 Å². The van der Waals surface area contributed by atoms with Gasteiger partial charge >= 0.3 is 0 Å². The molecular formula is C21H23F2NO. The Balaban J connectivity index is 1.87. The number of carbonyl (C=O) groups excluding carboxylic acids is 1. The molecule has 1 saturated heterocycles. The Labute approximate surface area is 147 Å². The predicted molar refractivity (Wildman–Crippen MR) is 95.6 cm³/mol. The molecule has 2 aromatic rings. The van der Waals surface area contributed by atoms with E-state index in [4.69, 9.17) is 0 Å². The van der Waals surface area contributed by atoms with Gasteiger partial charge in [-0.15, -0.1) is 0 Å². The highest BCUT2D eigenvalue weighted by molar-refractivity contribution is 5.97. The number of aryl methyl sites for hydroxylation is 2. The van der Waals surface area contributed by atoms with Crippen LogP contribution in [-0.2, 0) is 11.2 Å². The fraction of sp³-hybridized carbons (Fsp3) is 0.381. The van der Waals surface area contributed by atoms with Crippen molar-refractivity contribution in [2.24, 2.45) is 11.8 Å². The lowest BCUT2D eigenvalue weighted by Gasteiger charge is -2.37. The van der Waals surface area contributed by atoms with Crippen LogP contribution in [0.5, 0.6) is 0 Å². The molecule has 4 heteroatoms. The lowest BCUT2D eigenvalue weighted by Crippen LogP contribution is -2.46. The van der Waals surface area contributed by atoms with Crippen molar-refractivity contribution in [3.63, 3.8) is 0 Å². The molecule has 0 radical (unpaired) electrons. The molecule has 2 atom stereocenters. The van der Waals surface area contributed by atoms with Crippen LogP contribution in [-0.4, -0.2) is 12.5 Å². The number of para-hydroxylation sites is 1. The molecule has 0 unspecified atom stereocenters. The molecule has 1 amide bonds. The second kappa shape index (κ2) is 6.95. The van der Waals surface area contributed by atoms with E-state index in [1.807, 2.05) is 43.9 Å². The molecular weight excluding hydrogens is 320 g/mol. The Kier molecular flexibility index (Phi) is 4.89. The zero-order valence-electron chi connectivity index (χ0n) is 14.9. The van der Waals surface area contributed by atoms with Crippen molar-refractivity contribution < 1.29 is 13.6 Å². The molecule has 2 nitrogen and oxygen atoms in total. The van der Waals surface area contributed by atoms with Crippen LogP contribution >= 0.6 is 0 Å². The smallest absolute Gasteiger partial charge is 0.229 e. The van der Waals surface area contributed by atoms with Crippen molar-refractivity contribution in [2.45, 2.75) is 33.6 Å².